The largest absolute Gasteiger partial charge is 0.497 e. The van der Waals surface area contributed by atoms with E-state index in [1.54, 1.807) is 7.11 Å². The minimum absolute atomic E-state index is 0.182. The van der Waals surface area contributed by atoms with Crippen molar-refractivity contribution in [2.45, 2.75) is 45.4 Å². The number of ether oxygens (including phenoxy) is 1. The molecule has 0 atom stereocenters. The standard InChI is InChI=1S/C20H27NO2/c1-3-4-11-20(22)21-14-6-5-8-16-9-7-10-17-12-13-18(23-2)15-19(16)17/h7,9-10,12-13,15H,3-6,8,11,14H2,1-2H3,(H,21,22). The summed E-state index contributed by atoms with van der Waals surface area (Å²) in [5, 5.41) is 5.51. The van der Waals surface area contributed by atoms with Crippen LogP contribution in [0.3, 0.4) is 0 Å². The molecule has 0 aliphatic rings. The lowest BCUT2D eigenvalue weighted by molar-refractivity contribution is -0.121. The molecular weight excluding hydrogens is 286 g/mol. The zero-order valence-electron chi connectivity index (χ0n) is 14.2. The molecule has 0 radical (unpaired) electrons. The summed E-state index contributed by atoms with van der Waals surface area (Å²) >= 11 is 0. The molecule has 0 heterocycles. The molecule has 0 unspecified atom stereocenters. The van der Waals surface area contributed by atoms with E-state index >= 15 is 0 Å². The number of methoxy groups -OCH3 is 1. The number of hydrogen-bond acceptors (Lipinski definition) is 2. The van der Waals surface area contributed by atoms with Crippen LogP contribution >= 0.6 is 0 Å². The molecule has 1 amide bonds. The van der Waals surface area contributed by atoms with Crippen LogP contribution in [0.4, 0.5) is 0 Å². The first-order valence-electron chi connectivity index (χ1n) is 8.57. The predicted octanol–water partition coefficient (Wildman–Crippen LogP) is 4.48. The summed E-state index contributed by atoms with van der Waals surface area (Å²) in [6.07, 6.45) is 5.80. The Morgan fingerprint density at radius 3 is 2.78 bits per heavy atom. The van der Waals surface area contributed by atoms with Crippen molar-refractivity contribution in [3.05, 3.63) is 42.0 Å². The van der Waals surface area contributed by atoms with Crippen LogP contribution in [-0.4, -0.2) is 19.6 Å². The maximum atomic E-state index is 11.6. The smallest absolute Gasteiger partial charge is 0.219 e. The maximum Gasteiger partial charge on any atom is 0.219 e. The Hall–Kier alpha value is -2.03. The molecule has 0 saturated carbocycles. The zero-order chi connectivity index (χ0) is 16.5. The summed E-state index contributed by atoms with van der Waals surface area (Å²) in [5.41, 5.74) is 1.35. The Balaban J connectivity index is 1.84. The molecule has 23 heavy (non-hydrogen) atoms. The summed E-state index contributed by atoms with van der Waals surface area (Å²) in [6, 6.07) is 12.6. The van der Waals surface area contributed by atoms with Gasteiger partial charge in [-0.1, -0.05) is 37.6 Å². The van der Waals surface area contributed by atoms with Gasteiger partial charge < -0.3 is 10.1 Å². The highest BCUT2D eigenvalue weighted by Gasteiger charge is 2.03. The molecule has 3 nitrogen and oxygen atoms in total. The van der Waals surface area contributed by atoms with Gasteiger partial charge in [-0.2, -0.15) is 0 Å². The van der Waals surface area contributed by atoms with E-state index < -0.39 is 0 Å². The van der Waals surface area contributed by atoms with E-state index in [0.717, 1.165) is 44.4 Å². The van der Waals surface area contributed by atoms with E-state index in [0.29, 0.717) is 6.42 Å². The van der Waals surface area contributed by atoms with Crippen LogP contribution in [0, 0.1) is 0 Å². The van der Waals surface area contributed by atoms with Crippen LogP contribution in [0.1, 0.15) is 44.6 Å². The highest BCUT2D eigenvalue weighted by Crippen LogP contribution is 2.25. The third-order valence-corrected chi connectivity index (χ3v) is 4.13. The van der Waals surface area contributed by atoms with E-state index in [-0.39, 0.29) is 5.91 Å². The van der Waals surface area contributed by atoms with Gasteiger partial charge in [-0.3, -0.25) is 4.79 Å². The van der Waals surface area contributed by atoms with Gasteiger partial charge in [0.05, 0.1) is 7.11 Å². The first kappa shape index (κ1) is 17.3. The lowest BCUT2D eigenvalue weighted by Crippen LogP contribution is -2.24. The van der Waals surface area contributed by atoms with Gasteiger partial charge in [0.15, 0.2) is 0 Å². The van der Waals surface area contributed by atoms with Gasteiger partial charge in [0, 0.05) is 13.0 Å². The SMILES string of the molecule is CCCCC(=O)NCCCCc1cccc2ccc(OC)cc12. The molecule has 2 aromatic rings. The van der Waals surface area contributed by atoms with E-state index in [2.05, 4.69) is 42.6 Å². The van der Waals surface area contributed by atoms with E-state index in [1.807, 2.05) is 6.07 Å². The minimum Gasteiger partial charge on any atom is -0.497 e. The second-order valence-corrected chi connectivity index (χ2v) is 5.91. The number of carbonyl (C=O) groups excluding carboxylic acids is 1. The fourth-order valence-corrected chi connectivity index (χ4v) is 2.76. The molecule has 3 heteroatoms. The second-order valence-electron chi connectivity index (χ2n) is 5.91. The number of benzene rings is 2. The number of carbonyl (C=O) groups is 1. The van der Waals surface area contributed by atoms with Crippen molar-refractivity contribution < 1.29 is 9.53 Å². The summed E-state index contributed by atoms with van der Waals surface area (Å²) in [6.45, 7) is 2.88. The molecule has 2 rings (SSSR count). The topological polar surface area (TPSA) is 38.3 Å². The Bertz CT molecular complexity index is 637. The monoisotopic (exact) mass is 313 g/mol. The van der Waals surface area contributed by atoms with Crippen molar-refractivity contribution in [2.75, 3.05) is 13.7 Å². The van der Waals surface area contributed by atoms with Crippen molar-refractivity contribution in [1.29, 1.82) is 0 Å². The van der Waals surface area contributed by atoms with Gasteiger partial charge in [0.1, 0.15) is 5.75 Å². The molecule has 0 fully saturated rings. The van der Waals surface area contributed by atoms with E-state index in [4.69, 9.17) is 4.74 Å². The Morgan fingerprint density at radius 2 is 2.00 bits per heavy atom. The first-order chi connectivity index (χ1) is 11.2. The molecule has 0 saturated heterocycles. The summed E-state index contributed by atoms with van der Waals surface area (Å²) in [7, 11) is 1.70. The highest BCUT2D eigenvalue weighted by molar-refractivity contribution is 5.87. The van der Waals surface area contributed by atoms with Gasteiger partial charge in [-0.25, -0.2) is 0 Å². The van der Waals surface area contributed by atoms with Gasteiger partial charge in [0.2, 0.25) is 5.91 Å². The number of fused-ring (bicyclic) bond motifs is 1. The number of hydrogen-bond donors (Lipinski definition) is 1. The molecule has 1 N–H and O–H groups in total. The van der Waals surface area contributed by atoms with E-state index in [1.165, 1.54) is 16.3 Å². The Labute approximate surface area is 139 Å². The lowest BCUT2D eigenvalue weighted by atomic mass is 10.00. The summed E-state index contributed by atoms with van der Waals surface area (Å²) < 4.78 is 5.33. The molecule has 2 aromatic carbocycles. The van der Waals surface area contributed by atoms with Gasteiger partial charge in [0.25, 0.3) is 0 Å². The molecule has 0 aliphatic heterocycles. The molecule has 0 bridgehead atoms. The number of rotatable bonds is 9. The fraction of sp³-hybridized carbons (Fsp3) is 0.450. The van der Waals surface area contributed by atoms with E-state index in [9.17, 15) is 4.79 Å². The van der Waals surface area contributed by atoms with Crippen LogP contribution in [0.25, 0.3) is 10.8 Å². The maximum absolute atomic E-state index is 11.6. The second kappa shape index (κ2) is 9.19. The normalized spacial score (nSPS) is 10.7. The van der Waals surface area contributed by atoms with Gasteiger partial charge in [-0.05, 0) is 54.2 Å². The molecule has 0 spiro atoms. The van der Waals surface area contributed by atoms with Gasteiger partial charge in [-0.15, -0.1) is 0 Å². The van der Waals surface area contributed by atoms with Gasteiger partial charge >= 0.3 is 0 Å². The Kier molecular flexibility index (Phi) is 6.92. The molecule has 124 valence electrons. The average molecular weight is 313 g/mol. The van der Waals surface area contributed by atoms with Crippen molar-refractivity contribution in [3.8, 4) is 5.75 Å². The third kappa shape index (κ3) is 5.27. The predicted molar refractivity (Wildman–Crippen MR) is 96.0 cm³/mol. The first-order valence-corrected chi connectivity index (χ1v) is 8.57. The van der Waals surface area contributed by atoms with Crippen molar-refractivity contribution in [3.63, 3.8) is 0 Å². The van der Waals surface area contributed by atoms with Crippen LogP contribution in [-0.2, 0) is 11.2 Å². The number of amides is 1. The van der Waals surface area contributed by atoms with Crippen molar-refractivity contribution >= 4 is 16.7 Å². The van der Waals surface area contributed by atoms with Crippen LogP contribution < -0.4 is 10.1 Å². The minimum atomic E-state index is 0.182. The van der Waals surface area contributed by atoms with Crippen LogP contribution in [0.2, 0.25) is 0 Å². The molecule has 0 aromatic heterocycles. The van der Waals surface area contributed by atoms with Crippen LogP contribution in [0.15, 0.2) is 36.4 Å². The molecular formula is C20H27NO2. The number of aryl methyl sites for hydroxylation is 1. The van der Waals surface area contributed by atoms with Crippen LogP contribution in [0.5, 0.6) is 5.75 Å². The third-order valence-electron chi connectivity index (χ3n) is 4.13. The lowest BCUT2D eigenvalue weighted by Gasteiger charge is -2.09. The quantitative estimate of drug-likeness (QED) is 0.693. The van der Waals surface area contributed by atoms with Crippen molar-refractivity contribution in [2.24, 2.45) is 0 Å². The number of unbranched alkanes of at least 4 members (excludes halogenated alkanes) is 2. The van der Waals surface area contributed by atoms with Crippen molar-refractivity contribution in [1.82, 2.24) is 5.32 Å². The summed E-state index contributed by atoms with van der Waals surface area (Å²) in [4.78, 5) is 11.6. The highest BCUT2D eigenvalue weighted by atomic mass is 16.5. The fourth-order valence-electron chi connectivity index (χ4n) is 2.76. The summed E-state index contributed by atoms with van der Waals surface area (Å²) in [5.74, 6) is 1.08. The average Bonchev–Trinajstić information content (AvgIpc) is 2.59. The molecule has 0 aliphatic carbocycles. The zero-order valence-corrected chi connectivity index (χ0v) is 14.2. The number of nitrogens with one attached hydrogen (secondary N) is 1. The Morgan fingerprint density at radius 1 is 1.13 bits per heavy atom.